The molecule has 0 unspecified atom stereocenters. The number of nitrogens with zero attached hydrogens (tertiary/aromatic N) is 2. The maximum absolute atomic E-state index is 5.72. The molecule has 0 bridgehead atoms. The van der Waals surface area contributed by atoms with Gasteiger partial charge in [0.2, 0.25) is 0 Å². The van der Waals surface area contributed by atoms with Crippen molar-refractivity contribution in [2.24, 2.45) is 0 Å². The summed E-state index contributed by atoms with van der Waals surface area (Å²) in [5.74, 6) is 0. The molecule has 0 atom stereocenters. The van der Waals surface area contributed by atoms with Crippen LogP contribution in [-0.4, -0.2) is 9.55 Å². The van der Waals surface area contributed by atoms with Crippen LogP contribution >= 0.6 is 0 Å². The molecule has 2 heterocycles. The van der Waals surface area contributed by atoms with Gasteiger partial charge in [-0.05, 0) is 136 Å². The molecule has 0 saturated carbocycles. The van der Waals surface area contributed by atoms with Gasteiger partial charge in [-0.3, -0.25) is 0 Å². The Labute approximate surface area is 387 Å². The minimum absolute atomic E-state index is 0.918. The average molecular weight is 849 g/mol. The molecule has 67 heavy (non-hydrogen) atoms. The van der Waals surface area contributed by atoms with Crippen LogP contribution in [0.15, 0.2) is 243 Å². The van der Waals surface area contributed by atoms with E-state index in [1.54, 1.807) is 0 Å². The zero-order valence-electron chi connectivity index (χ0n) is 36.5. The summed E-state index contributed by atoms with van der Waals surface area (Å²) in [6.07, 6.45) is 0. The Morgan fingerprint density at radius 3 is 1.64 bits per heavy atom. The highest BCUT2D eigenvalue weighted by Gasteiger charge is 2.20. The zero-order chi connectivity index (χ0) is 44.0. The summed E-state index contributed by atoms with van der Waals surface area (Å²) in [7, 11) is 0. The van der Waals surface area contributed by atoms with Gasteiger partial charge in [-0.15, -0.1) is 0 Å². The fourth-order valence-electron chi connectivity index (χ4n) is 11.0. The summed E-state index contributed by atoms with van der Waals surface area (Å²) in [4.78, 5) is 5.72. The van der Waals surface area contributed by atoms with Crippen molar-refractivity contribution in [1.29, 1.82) is 0 Å². The lowest BCUT2D eigenvalue weighted by Crippen LogP contribution is -1.98. The van der Waals surface area contributed by atoms with Crippen LogP contribution in [0.2, 0.25) is 0 Å². The van der Waals surface area contributed by atoms with Crippen molar-refractivity contribution < 1.29 is 0 Å². The number of benzene rings is 12. The first-order valence-corrected chi connectivity index (χ1v) is 23.1. The predicted molar refractivity (Wildman–Crippen MR) is 284 cm³/mol. The van der Waals surface area contributed by atoms with Crippen LogP contribution in [0.3, 0.4) is 0 Å². The van der Waals surface area contributed by atoms with Crippen LogP contribution in [-0.2, 0) is 0 Å². The third-order valence-corrected chi connectivity index (χ3v) is 14.1. The Kier molecular flexibility index (Phi) is 8.32. The maximum atomic E-state index is 5.72. The quantitative estimate of drug-likeness (QED) is 0.152. The molecule has 310 valence electrons. The first kappa shape index (κ1) is 37.5. The SMILES string of the molecule is c1ccc(-c2cc(-c3cc(-c4cc5ccccc5c5ccccc45)cc(-n4c5ccccc5c5ccc(-c6ccccc6)cc54)c3)nc(-c3ccc4ccc5cccc6ccc3c4c56)c2)cc1. The van der Waals surface area contributed by atoms with Crippen LogP contribution in [0.25, 0.3) is 137 Å². The number of hydrogen-bond donors (Lipinski definition) is 0. The van der Waals surface area contributed by atoms with Crippen molar-refractivity contribution in [2.75, 3.05) is 0 Å². The smallest absolute Gasteiger partial charge is 0.0721 e. The lowest BCUT2D eigenvalue weighted by molar-refractivity contribution is 1.18. The number of rotatable bonds is 6. The Balaban J connectivity index is 1.08. The van der Waals surface area contributed by atoms with Gasteiger partial charge in [-0.1, -0.05) is 194 Å². The summed E-state index contributed by atoms with van der Waals surface area (Å²) < 4.78 is 2.47. The van der Waals surface area contributed by atoms with E-state index in [0.717, 1.165) is 55.9 Å². The number of hydrogen-bond acceptors (Lipinski definition) is 1. The number of pyridine rings is 1. The van der Waals surface area contributed by atoms with Crippen LogP contribution in [0.1, 0.15) is 0 Å². The van der Waals surface area contributed by atoms with Gasteiger partial charge in [0, 0.05) is 27.6 Å². The molecule has 0 aliphatic carbocycles. The minimum atomic E-state index is 0.918. The minimum Gasteiger partial charge on any atom is -0.309 e. The highest BCUT2D eigenvalue weighted by molar-refractivity contribution is 6.25. The van der Waals surface area contributed by atoms with Crippen molar-refractivity contribution in [3.8, 4) is 61.6 Å². The molecule has 2 heteroatoms. The topological polar surface area (TPSA) is 17.8 Å². The molecule has 0 aliphatic rings. The second-order valence-corrected chi connectivity index (χ2v) is 17.9. The summed E-state index contributed by atoms with van der Waals surface area (Å²) in [5.41, 5.74) is 14.4. The summed E-state index contributed by atoms with van der Waals surface area (Å²) in [6.45, 7) is 0. The van der Waals surface area contributed by atoms with Crippen LogP contribution in [0.5, 0.6) is 0 Å². The first-order valence-electron chi connectivity index (χ1n) is 23.1. The average Bonchev–Trinajstić information content (AvgIpc) is 3.74. The van der Waals surface area contributed by atoms with Gasteiger partial charge < -0.3 is 4.57 Å². The molecule has 12 aromatic carbocycles. The van der Waals surface area contributed by atoms with Gasteiger partial charge in [0.15, 0.2) is 0 Å². The lowest BCUT2D eigenvalue weighted by Gasteiger charge is -2.18. The normalized spacial score (nSPS) is 11.9. The van der Waals surface area contributed by atoms with Gasteiger partial charge >= 0.3 is 0 Å². The number of aromatic nitrogens is 2. The zero-order valence-corrected chi connectivity index (χ0v) is 36.5. The molecule has 0 amide bonds. The molecular weight excluding hydrogens is 809 g/mol. The molecule has 14 rings (SSSR count). The number of fused-ring (bicyclic) bond motifs is 6. The van der Waals surface area contributed by atoms with E-state index < -0.39 is 0 Å². The van der Waals surface area contributed by atoms with E-state index in [1.807, 2.05) is 0 Å². The summed E-state index contributed by atoms with van der Waals surface area (Å²) >= 11 is 0. The summed E-state index contributed by atoms with van der Waals surface area (Å²) in [6, 6.07) is 89.1. The molecule has 0 saturated heterocycles. The largest absolute Gasteiger partial charge is 0.309 e. The van der Waals surface area contributed by atoms with Crippen molar-refractivity contribution in [1.82, 2.24) is 9.55 Å². The van der Waals surface area contributed by atoms with E-state index in [0.29, 0.717) is 0 Å². The second kappa shape index (κ2) is 14.9. The van der Waals surface area contributed by atoms with E-state index in [9.17, 15) is 0 Å². The third kappa shape index (κ3) is 6.00. The van der Waals surface area contributed by atoms with Crippen LogP contribution in [0, 0.1) is 0 Å². The Bertz CT molecular complexity index is 4240. The van der Waals surface area contributed by atoms with Crippen molar-refractivity contribution in [3.63, 3.8) is 0 Å². The molecule has 0 fully saturated rings. The molecule has 14 aromatic rings. The maximum Gasteiger partial charge on any atom is 0.0721 e. The fraction of sp³-hybridized carbons (Fsp3) is 0. The summed E-state index contributed by atoms with van der Waals surface area (Å²) in [5, 5.41) is 14.9. The Morgan fingerprint density at radius 1 is 0.254 bits per heavy atom. The third-order valence-electron chi connectivity index (χ3n) is 14.1. The molecule has 2 nitrogen and oxygen atoms in total. The Hall–Kier alpha value is -8.85. The van der Waals surface area contributed by atoms with Crippen LogP contribution < -0.4 is 0 Å². The van der Waals surface area contributed by atoms with Crippen LogP contribution in [0.4, 0.5) is 0 Å². The molecule has 0 aliphatic heterocycles. The van der Waals surface area contributed by atoms with E-state index >= 15 is 0 Å². The molecule has 0 radical (unpaired) electrons. The highest BCUT2D eigenvalue weighted by atomic mass is 15.0. The van der Waals surface area contributed by atoms with E-state index in [2.05, 4.69) is 247 Å². The van der Waals surface area contributed by atoms with Gasteiger partial charge in [-0.25, -0.2) is 4.98 Å². The van der Waals surface area contributed by atoms with E-state index in [1.165, 1.54) is 81.3 Å². The standard InChI is InChI=1S/C65H40N2/c1-3-14-41(15-4-1)46-30-32-57-56-24-11-12-25-62(56)67(63(57)40-46)51-35-49(59-37-47-18-7-8-21-52(47)53-22-9-10-23-54(53)59)34-50(36-51)60-38-48(42-16-5-2-6-17-42)39-61(66-60)55-31-28-45-27-26-43-19-13-20-44-29-33-58(55)65(45)64(43)44/h1-40H. The molecular formula is C65H40N2. The molecule has 0 spiro atoms. The number of para-hydroxylation sites is 1. The molecule has 0 N–H and O–H groups in total. The van der Waals surface area contributed by atoms with Gasteiger partial charge in [0.1, 0.15) is 0 Å². The molecule has 2 aromatic heterocycles. The van der Waals surface area contributed by atoms with Gasteiger partial charge in [0.25, 0.3) is 0 Å². The van der Waals surface area contributed by atoms with Crippen molar-refractivity contribution >= 4 is 75.7 Å². The fourth-order valence-corrected chi connectivity index (χ4v) is 11.0. The predicted octanol–water partition coefficient (Wildman–Crippen LogP) is 17.7. The monoisotopic (exact) mass is 848 g/mol. The van der Waals surface area contributed by atoms with Crippen molar-refractivity contribution in [2.45, 2.75) is 0 Å². The first-order chi connectivity index (χ1) is 33.2. The van der Waals surface area contributed by atoms with E-state index in [4.69, 9.17) is 4.98 Å². The van der Waals surface area contributed by atoms with Gasteiger partial charge in [0.05, 0.1) is 22.4 Å². The van der Waals surface area contributed by atoms with Gasteiger partial charge in [-0.2, -0.15) is 0 Å². The van der Waals surface area contributed by atoms with E-state index in [-0.39, 0.29) is 0 Å². The Morgan fingerprint density at radius 2 is 0.836 bits per heavy atom. The highest BCUT2D eigenvalue weighted by Crippen LogP contribution is 2.43. The lowest BCUT2D eigenvalue weighted by atomic mass is 9.90. The second-order valence-electron chi connectivity index (χ2n) is 17.9. The van der Waals surface area contributed by atoms with Crippen molar-refractivity contribution in [3.05, 3.63) is 243 Å².